The van der Waals surface area contributed by atoms with Gasteiger partial charge >= 0.3 is 0 Å². The van der Waals surface area contributed by atoms with Gasteiger partial charge in [-0.15, -0.1) is 0 Å². The molecule has 2 fully saturated rings. The number of para-hydroxylation sites is 2. The minimum absolute atomic E-state index is 0.0241. The van der Waals surface area contributed by atoms with Crippen LogP contribution in [0.1, 0.15) is 39.0 Å². The molecule has 3 aliphatic rings. The molecule has 3 aliphatic heterocycles. The van der Waals surface area contributed by atoms with Gasteiger partial charge in [0.2, 0.25) is 17.7 Å². The Hall–Kier alpha value is -2.57. The van der Waals surface area contributed by atoms with Gasteiger partial charge in [0, 0.05) is 39.4 Å². The lowest BCUT2D eigenvalue weighted by Gasteiger charge is -2.42. The van der Waals surface area contributed by atoms with E-state index in [1.807, 2.05) is 29.2 Å². The molecular weight excluding hydrogens is 346 g/mol. The van der Waals surface area contributed by atoms with E-state index in [0.717, 1.165) is 12.8 Å². The number of piperidine rings is 1. The molecule has 1 spiro atoms. The highest BCUT2D eigenvalue weighted by Crippen LogP contribution is 2.38. The van der Waals surface area contributed by atoms with Crippen LogP contribution >= 0.6 is 0 Å². The molecule has 4 rings (SSSR count). The number of ether oxygens (including phenoxy) is 1. The predicted molar refractivity (Wildman–Crippen MR) is 99.3 cm³/mol. The van der Waals surface area contributed by atoms with Crippen molar-refractivity contribution in [3.8, 4) is 5.75 Å². The van der Waals surface area contributed by atoms with E-state index in [4.69, 9.17) is 4.74 Å². The quantitative estimate of drug-likeness (QED) is 0.816. The summed E-state index contributed by atoms with van der Waals surface area (Å²) in [5.41, 5.74) is 0.115. The Balaban J connectivity index is 1.46. The highest BCUT2D eigenvalue weighted by molar-refractivity contribution is 5.94. The van der Waals surface area contributed by atoms with Gasteiger partial charge in [0.25, 0.3) is 0 Å². The lowest BCUT2D eigenvalue weighted by Crippen LogP contribution is -2.54. The number of anilines is 1. The van der Waals surface area contributed by atoms with Gasteiger partial charge < -0.3 is 19.9 Å². The zero-order chi connectivity index (χ0) is 19.0. The topological polar surface area (TPSA) is 79.0 Å². The number of rotatable bonds is 1. The van der Waals surface area contributed by atoms with E-state index in [9.17, 15) is 14.4 Å². The number of nitrogens with zero attached hydrogens (tertiary/aromatic N) is 2. The van der Waals surface area contributed by atoms with Crippen LogP contribution in [0.5, 0.6) is 5.75 Å². The van der Waals surface area contributed by atoms with Crippen molar-refractivity contribution in [1.82, 2.24) is 9.80 Å². The molecule has 7 nitrogen and oxygen atoms in total. The normalized spacial score (nSPS) is 24.0. The van der Waals surface area contributed by atoms with E-state index in [-0.39, 0.29) is 30.2 Å². The Kier molecular flexibility index (Phi) is 4.53. The molecule has 144 valence electrons. The number of amides is 3. The summed E-state index contributed by atoms with van der Waals surface area (Å²) < 4.78 is 6.28. The smallest absolute Gasteiger partial charge is 0.245 e. The van der Waals surface area contributed by atoms with Crippen molar-refractivity contribution in [3.05, 3.63) is 24.3 Å². The predicted octanol–water partition coefficient (Wildman–Crippen LogP) is 1.78. The molecule has 0 saturated carbocycles. The summed E-state index contributed by atoms with van der Waals surface area (Å²) in [5, 5.41) is 2.90. The molecule has 1 N–H and O–H groups in total. The van der Waals surface area contributed by atoms with Gasteiger partial charge in [-0.1, -0.05) is 12.1 Å². The number of likely N-dealkylation sites (tertiary alicyclic amines) is 2. The van der Waals surface area contributed by atoms with E-state index in [1.165, 1.54) is 6.92 Å². The SMILES string of the molecule is CC(=O)N1CCCC1C(=O)N1CCC2(CC1)CC(=O)Nc1ccccc1O2. The zero-order valence-corrected chi connectivity index (χ0v) is 15.6. The van der Waals surface area contributed by atoms with Gasteiger partial charge in [-0.25, -0.2) is 0 Å². The highest BCUT2D eigenvalue weighted by atomic mass is 16.5. The molecule has 27 heavy (non-hydrogen) atoms. The molecule has 3 amide bonds. The van der Waals surface area contributed by atoms with Crippen molar-refractivity contribution >= 4 is 23.4 Å². The number of benzene rings is 1. The lowest BCUT2D eigenvalue weighted by atomic mass is 9.87. The van der Waals surface area contributed by atoms with E-state index in [2.05, 4.69) is 5.32 Å². The van der Waals surface area contributed by atoms with Gasteiger partial charge in [0.15, 0.2) is 0 Å². The number of hydrogen-bond acceptors (Lipinski definition) is 4. The van der Waals surface area contributed by atoms with Gasteiger partial charge in [0.05, 0.1) is 12.1 Å². The summed E-state index contributed by atoms with van der Waals surface area (Å²) in [6, 6.07) is 7.12. The fourth-order valence-electron chi connectivity index (χ4n) is 4.44. The summed E-state index contributed by atoms with van der Waals surface area (Å²) in [6.45, 7) is 3.25. The number of carbonyl (C=O) groups is 3. The van der Waals surface area contributed by atoms with E-state index in [0.29, 0.717) is 43.9 Å². The molecule has 0 radical (unpaired) electrons. The monoisotopic (exact) mass is 371 g/mol. The first kappa shape index (κ1) is 17.8. The van der Waals surface area contributed by atoms with Crippen LogP contribution in [-0.4, -0.2) is 58.8 Å². The van der Waals surface area contributed by atoms with Crippen molar-refractivity contribution in [2.75, 3.05) is 25.0 Å². The summed E-state index contributed by atoms with van der Waals surface area (Å²) >= 11 is 0. The maximum absolute atomic E-state index is 12.9. The molecule has 1 aromatic carbocycles. The molecule has 3 heterocycles. The van der Waals surface area contributed by atoms with Crippen LogP contribution < -0.4 is 10.1 Å². The third-order valence-electron chi connectivity index (χ3n) is 5.90. The van der Waals surface area contributed by atoms with Crippen molar-refractivity contribution in [2.45, 2.75) is 50.7 Å². The molecule has 7 heteroatoms. The summed E-state index contributed by atoms with van der Waals surface area (Å²) in [5.74, 6) is 0.607. The van der Waals surface area contributed by atoms with Gasteiger partial charge in [0.1, 0.15) is 17.4 Å². The fraction of sp³-hybridized carbons (Fsp3) is 0.550. The van der Waals surface area contributed by atoms with Crippen molar-refractivity contribution < 1.29 is 19.1 Å². The average Bonchev–Trinajstić information content (AvgIpc) is 3.08. The Morgan fingerprint density at radius 3 is 2.67 bits per heavy atom. The third kappa shape index (κ3) is 3.38. The minimum atomic E-state index is -0.580. The standard InChI is InChI=1S/C20H25N3O4/c1-14(24)23-10-4-6-16(23)19(26)22-11-8-20(9-12-22)13-18(25)21-15-5-2-3-7-17(15)27-20/h2-3,5,7,16H,4,6,8-13H2,1H3,(H,21,25). The Bertz CT molecular complexity index is 770. The highest BCUT2D eigenvalue weighted by Gasteiger charge is 2.44. The molecule has 0 aliphatic carbocycles. The summed E-state index contributed by atoms with van der Waals surface area (Å²) in [7, 11) is 0. The number of hydrogen-bond donors (Lipinski definition) is 1. The van der Waals surface area contributed by atoms with Crippen molar-refractivity contribution in [1.29, 1.82) is 0 Å². The third-order valence-corrected chi connectivity index (χ3v) is 5.90. The molecular formula is C20H25N3O4. The van der Waals surface area contributed by atoms with Gasteiger partial charge in [-0.05, 0) is 25.0 Å². The largest absolute Gasteiger partial charge is 0.484 e. The molecule has 2 saturated heterocycles. The van der Waals surface area contributed by atoms with Crippen LogP contribution in [0.2, 0.25) is 0 Å². The maximum atomic E-state index is 12.9. The fourth-order valence-corrected chi connectivity index (χ4v) is 4.44. The first-order chi connectivity index (χ1) is 13.0. The van der Waals surface area contributed by atoms with Crippen LogP contribution in [0.4, 0.5) is 5.69 Å². The second kappa shape index (κ2) is 6.87. The number of carbonyl (C=O) groups excluding carboxylic acids is 3. The van der Waals surface area contributed by atoms with Crippen LogP contribution in [0.15, 0.2) is 24.3 Å². The van der Waals surface area contributed by atoms with Gasteiger partial charge in [-0.3, -0.25) is 14.4 Å². The van der Waals surface area contributed by atoms with E-state index >= 15 is 0 Å². The van der Waals surface area contributed by atoms with Crippen molar-refractivity contribution in [3.63, 3.8) is 0 Å². The van der Waals surface area contributed by atoms with Crippen molar-refractivity contribution in [2.24, 2.45) is 0 Å². The first-order valence-corrected chi connectivity index (χ1v) is 9.61. The van der Waals surface area contributed by atoms with Crippen LogP contribution in [-0.2, 0) is 14.4 Å². The number of fused-ring (bicyclic) bond motifs is 1. The van der Waals surface area contributed by atoms with Crippen LogP contribution in [0.3, 0.4) is 0 Å². The second-order valence-corrected chi connectivity index (χ2v) is 7.70. The maximum Gasteiger partial charge on any atom is 0.245 e. The summed E-state index contributed by atoms with van der Waals surface area (Å²) in [6.07, 6.45) is 3.09. The van der Waals surface area contributed by atoms with E-state index in [1.54, 1.807) is 4.90 Å². The lowest BCUT2D eigenvalue weighted by molar-refractivity contribution is -0.145. The zero-order valence-electron chi connectivity index (χ0n) is 15.6. The average molecular weight is 371 g/mol. The Morgan fingerprint density at radius 2 is 1.93 bits per heavy atom. The van der Waals surface area contributed by atoms with E-state index < -0.39 is 5.60 Å². The molecule has 1 aromatic rings. The minimum Gasteiger partial charge on any atom is -0.484 e. The van der Waals surface area contributed by atoms with Crippen LogP contribution in [0.25, 0.3) is 0 Å². The summed E-state index contributed by atoms with van der Waals surface area (Å²) in [4.78, 5) is 40.6. The second-order valence-electron chi connectivity index (χ2n) is 7.70. The molecule has 1 unspecified atom stereocenters. The van der Waals surface area contributed by atoms with Gasteiger partial charge in [-0.2, -0.15) is 0 Å². The molecule has 0 aromatic heterocycles. The molecule has 1 atom stereocenters. The van der Waals surface area contributed by atoms with Crippen LogP contribution in [0, 0.1) is 0 Å². The Labute approximate surface area is 158 Å². The number of nitrogens with one attached hydrogen (secondary N) is 1. The first-order valence-electron chi connectivity index (χ1n) is 9.61. The molecule has 0 bridgehead atoms. The Morgan fingerprint density at radius 1 is 1.19 bits per heavy atom.